The van der Waals surface area contributed by atoms with E-state index in [9.17, 15) is 0 Å². The molecule has 24 heavy (non-hydrogen) atoms. The van der Waals surface area contributed by atoms with Crippen molar-refractivity contribution in [3.05, 3.63) is 0 Å². The Bertz CT molecular complexity index is 385. The summed E-state index contributed by atoms with van der Waals surface area (Å²) in [6.07, 6.45) is 12.8. The van der Waals surface area contributed by atoms with E-state index in [0.717, 1.165) is 25.7 Å². The third-order valence-corrected chi connectivity index (χ3v) is 4.05. The van der Waals surface area contributed by atoms with E-state index in [1.54, 1.807) is 0 Å². The van der Waals surface area contributed by atoms with E-state index in [2.05, 4.69) is 48.1 Å². The van der Waals surface area contributed by atoms with Gasteiger partial charge in [-0.1, -0.05) is 53.4 Å². The average molecular weight is 337 g/mol. The Morgan fingerprint density at radius 1 is 0.750 bits per heavy atom. The quantitative estimate of drug-likeness (QED) is 0.318. The van der Waals surface area contributed by atoms with E-state index in [1.165, 1.54) is 25.7 Å². The van der Waals surface area contributed by atoms with Crippen molar-refractivity contribution >= 4 is 24.1 Å². The Hall–Kier alpha value is -1.72. The molecule has 0 saturated heterocycles. The first kappa shape index (κ1) is 22.3. The van der Waals surface area contributed by atoms with Crippen molar-refractivity contribution in [2.75, 3.05) is 0 Å². The van der Waals surface area contributed by atoms with Gasteiger partial charge in [0.1, 0.15) is 0 Å². The van der Waals surface area contributed by atoms with Crippen LogP contribution in [-0.4, -0.2) is 24.1 Å². The van der Waals surface area contributed by atoms with Gasteiger partial charge < -0.3 is 11.5 Å². The summed E-state index contributed by atoms with van der Waals surface area (Å²) in [5.74, 6) is 1.08. The van der Waals surface area contributed by atoms with Gasteiger partial charge in [0.05, 0.1) is 0 Å². The van der Waals surface area contributed by atoms with Gasteiger partial charge in [0, 0.05) is 12.4 Å². The van der Waals surface area contributed by atoms with Gasteiger partial charge in [-0.05, 0) is 37.5 Å². The molecule has 0 spiro atoms. The first-order valence-corrected chi connectivity index (χ1v) is 9.32. The lowest BCUT2D eigenvalue weighted by molar-refractivity contribution is 0.575. The summed E-state index contributed by atoms with van der Waals surface area (Å²) in [7, 11) is 0. The lowest BCUT2D eigenvalue weighted by Crippen LogP contribution is -2.30. The number of nitrogens with zero attached hydrogens (tertiary/aromatic N) is 4. The molecule has 0 aromatic carbocycles. The third-order valence-electron chi connectivity index (χ3n) is 4.05. The number of hydrogen-bond acceptors (Lipinski definition) is 4. The highest BCUT2D eigenvalue weighted by Crippen LogP contribution is 2.10. The number of nitrogens with two attached hydrogens (primary N) is 2. The van der Waals surface area contributed by atoms with Crippen LogP contribution in [0.5, 0.6) is 0 Å². The molecule has 0 aliphatic rings. The summed E-state index contributed by atoms with van der Waals surface area (Å²) in [5, 5.41) is 15.9. The minimum absolute atomic E-state index is 0.107. The molecule has 0 fully saturated rings. The molecule has 0 aliphatic heterocycles. The lowest BCUT2D eigenvalue weighted by atomic mass is 10.0. The second-order valence-corrected chi connectivity index (χ2v) is 6.12. The molecule has 2 atom stereocenters. The predicted molar refractivity (Wildman–Crippen MR) is 107 cm³/mol. The first-order valence-electron chi connectivity index (χ1n) is 9.32. The van der Waals surface area contributed by atoms with Gasteiger partial charge in [-0.2, -0.15) is 10.2 Å². The molecular weight excluding hydrogens is 300 g/mol. The van der Waals surface area contributed by atoms with Crippen LogP contribution in [-0.2, 0) is 0 Å². The van der Waals surface area contributed by atoms with Gasteiger partial charge in [-0.3, -0.25) is 0 Å². The topological polar surface area (TPSA) is 101 Å². The molecule has 6 nitrogen and oxygen atoms in total. The molecule has 6 heteroatoms. The number of unbranched alkanes of at least 4 members (excludes halogenated alkanes) is 2. The van der Waals surface area contributed by atoms with E-state index in [-0.39, 0.29) is 11.7 Å². The highest BCUT2D eigenvalue weighted by atomic mass is 15.3. The van der Waals surface area contributed by atoms with Crippen LogP contribution in [0.4, 0.5) is 0 Å². The van der Waals surface area contributed by atoms with Gasteiger partial charge in [0.15, 0.2) is 11.7 Å². The summed E-state index contributed by atoms with van der Waals surface area (Å²) < 4.78 is 0. The third kappa shape index (κ3) is 10.9. The summed E-state index contributed by atoms with van der Waals surface area (Å²) >= 11 is 0. The first-order chi connectivity index (χ1) is 11.6. The fourth-order valence-electron chi connectivity index (χ4n) is 2.18. The monoisotopic (exact) mass is 336 g/mol. The molecule has 4 N–H and O–H groups in total. The van der Waals surface area contributed by atoms with Crippen molar-refractivity contribution in [1.82, 2.24) is 0 Å². The highest BCUT2D eigenvalue weighted by Gasteiger charge is 2.03. The fraction of sp³-hybridized carbons (Fsp3) is 0.778. The standard InChI is InChI=1S/C18H36N6/c1-5-9-11-15(7-3)13-21-23-17(19)18(20)24-22-14-16(8-4)12-10-6-2/h13-16H,5-12H2,1-4H3,(H2,19,23)(H2,20,24). The average Bonchev–Trinajstić information content (AvgIpc) is 2.60. The van der Waals surface area contributed by atoms with Crippen LogP contribution in [0.2, 0.25) is 0 Å². The molecule has 0 bridgehead atoms. The van der Waals surface area contributed by atoms with Gasteiger partial charge in [-0.25, -0.2) is 0 Å². The van der Waals surface area contributed by atoms with E-state index in [0.29, 0.717) is 11.8 Å². The molecular formula is C18H36N6. The molecule has 0 amide bonds. The Kier molecular flexibility index (Phi) is 13.8. The van der Waals surface area contributed by atoms with Crippen LogP contribution in [0.3, 0.4) is 0 Å². The zero-order valence-corrected chi connectivity index (χ0v) is 15.9. The minimum Gasteiger partial charge on any atom is -0.379 e. The van der Waals surface area contributed by atoms with Crippen LogP contribution < -0.4 is 11.5 Å². The second-order valence-electron chi connectivity index (χ2n) is 6.12. The van der Waals surface area contributed by atoms with Crippen LogP contribution in [0, 0.1) is 11.8 Å². The SMILES string of the molecule is CCCCC(C=NN=C(N)C(N)=NN=CC(CC)CCCC)CC. The smallest absolute Gasteiger partial charge is 0.190 e. The van der Waals surface area contributed by atoms with Crippen LogP contribution >= 0.6 is 0 Å². The van der Waals surface area contributed by atoms with Crippen LogP contribution in [0.15, 0.2) is 20.4 Å². The van der Waals surface area contributed by atoms with Gasteiger partial charge >= 0.3 is 0 Å². The van der Waals surface area contributed by atoms with E-state index >= 15 is 0 Å². The van der Waals surface area contributed by atoms with Crippen molar-refractivity contribution in [3.8, 4) is 0 Å². The fourth-order valence-corrected chi connectivity index (χ4v) is 2.18. The van der Waals surface area contributed by atoms with Gasteiger partial charge in [0.25, 0.3) is 0 Å². The molecule has 0 aliphatic carbocycles. The van der Waals surface area contributed by atoms with Crippen molar-refractivity contribution in [2.24, 2.45) is 43.7 Å². The van der Waals surface area contributed by atoms with Crippen molar-refractivity contribution in [1.29, 1.82) is 0 Å². The Balaban J connectivity index is 4.57. The van der Waals surface area contributed by atoms with Gasteiger partial charge in [0.2, 0.25) is 0 Å². The summed E-state index contributed by atoms with van der Waals surface area (Å²) in [6, 6.07) is 0. The summed E-state index contributed by atoms with van der Waals surface area (Å²) in [5.41, 5.74) is 11.6. The van der Waals surface area contributed by atoms with Crippen molar-refractivity contribution in [2.45, 2.75) is 79.1 Å². The van der Waals surface area contributed by atoms with Gasteiger partial charge in [-0.15, -0.1) is 10.2 Å². The summed E-state index contributed by atoms with van der Waals surface area (Å²) in [4.78, 5) is 0. The van der Waals surface area contributed by atoms with Crippen molar-refractivity contribution < 1.29 is 0 Å². The maximum absolute atomic E-state index is 5.78. The maximum Gasteiger partial charge on any atom is 0.190 e. The zero-order valence-electron chi connectivity index (χ0n) is 15.9. The normalized spacial score (nSPS) is 16.2. The molecule has 0 aromatic heterocycles. The predicted octanol–water partition coefficient (Wildman–Crippen LogP) is 4.11. The Morgan fingerprint density at radius 3 is 1.42 bits per heavy atom. The Morgan fingerprint density at radius 2 is 1.12 bits per heavy atom. The maximum atomic E-state index is 5.78. The number of hydrogen-bond donors (Lipinski definition) is 2. The molecule has 0 aromatic rings. The molecule has 0 radical (unpaired) electrons. The van der Waals surface area contributed by atoms with Crippen LogP contribution in [0.25, 0.3) is 0 Å². The largest absolute Gasteiger partial charge is 0.379 e. The van der Waals surface area contributed by atoms with Crippen LogP contribution in [0.1, 0.15) is 79.1 Å². The summed E-state index contributed by atoms with van der Waals surface area (Å²) in [6.45, 7) is 8.66. The second kappa shape index (κ2) is 14.8. The zero-order chi connectivity index (χ0) is 18.2. The van der Waals surface area contributed by atoms with E-state index < -0.39 is 0 Å². The lowest BCUT2D eigenvalue weighted by Gasteiger charge is -2.06. The molecule has 0 rings (SSSR count). The minimum atomic E-state index is 0.107. The molecule has 0 heterocycles. The van der Waals surface area contributed by atoms with E-state index in [4.69, 9.17) is 11.5 Å². The number of rotatable bonds is 12. The molecule has 0 saturated carbocycles. The van der Waals surface area contributed by atoms with Crippen molar-refractivity contribution in [3.63, 3.8) is 0 Å². The number of amidine groups is 2. The highest BCUT2D eigenvalue weighted by molar-refractivity contribution is 6.39. The Labute approximate surface area is 147 Å². The van der Waals surface area contributed by atoms with E-state index in [1.807, 2.05) is 12.4 Å². The molecule has 2 unspecified atom stereocenters. The molecule has 138 valence electrons.